The number of hydrogen-bond acceptors (Lipinski definition) is 4. The Balaban J connectivity index is 1.58. The molecule has 0 bridgehead atoms. The van der Waals surface area contributed by atoms with E-state index in [-0.39, 0.29) is 17.7 Å². The molecule has 1 saturated heterocycles. The lowest BCUT2D eigenvalue weighted by Crippen LogP contribution is -2.31. The van der Waals surface area contributed by atoms with E-state index in [1.807, 2.05) is 18.2 Å². The number of rotatable bonds is 3. The SMILES string of the molecule is CN1C[C@H](C(=O)NCc2ccc3c(c2)OCCO3)CC1=O. The van der Waals surface area contributed by atoms with E-state index in [9.17, 15) is 9.59 Å². The van der Waals surface area contributed by atoms with Gasteiger partial charge in [0.1, 0.15) is 13.2 Å². The average molecular weight is 290 g/mol. The van der Waals surface area contributed by atoms with Crippen molar-refractivity contribution in [3.05, 3.63) is 23.8 Å². The molecule has 0 radical (unpaired) electrons. The Morgan fingerprint density at radius 1 is 1.33 bits per heavy atom. The first-order valence-electron chi connectivity index (χ1n) is 7.03. The molecule has 0 aliphatic carbocycles. The molecule has 1 N–H and O–H groups in total. The van der Waals surface area contributed by atoms with Gasteiger partial charge in [0.25, 0.3) is 0 Å². The molecule has 3 rings (SSSR count). The number of benzene rings is 1. The van der Waals surface area contributed by atoms with Gasteiger partial charge in [0, 0.05) is 26.6 Å². The number of amides is 2. The minimum absolute atomic E-state index is 0.0227. The molecule has 0 unspecified atom stereocenters. The zero-order valence-corrected chi connectivity index (χ0v) is 11.9. The minimum atomic E-state index is -0.250. The maximum Gasteiger partial charge on any atom is 0.225 e. The van der Waals surface area contributed by atoms with E-state index in [4.69, 9.17) is 9.47 Å². The predicted molar refractivity (Wildman–Crippen MR) is 75.0 cm³/mol. The van der Waals surface area contributed by atoms with E-state index in [1.165, 1.54) is 0 Å². The van der Waals surface area contributed by atoms with Crippen molar-refractivity contribution in [1.82, 2.24) is 10.2 Å². The number of hydrogen-bond donors (Lipinski definition) is 1. The van der Waals surface area contributed by atoms with Gasteiger partial charge >= 0.3 is 0 Å². The van der Waals surface area contributed by atoms with Gasteiger partial charge in [0.15, 0.2) is 11.5 Å². The third-order valence-corrected chi connectivity index (χ3v) is 3.79. The molecule has 0 aromatic heterocycles. The normalized spacial score (nSPS) is 20.5. The molecule has 6 heteroatoms. The fourth-order valence-corrected chi connectivity index (χ4v) is 2.57. The summed E-state index contributed by atoms with van der Waals surface area (Å²) in [5.41, 5.74) is 0.949. The summed E-state index contributed by atoms with van der Waals surface area (Å²) >= 11 is 0. The fourth-order valence-electron chi connectivity index (χ4n) is 2.57. The van der Waals surface area contributed by atoms with Gasteiger partial charge in [-0.15, -0.1) is 0 Å². The third-order valence-electron chi connectivity index (χ3n) is 3.79. The van der Waals surface area contributed by atoms with Crippen molar-refractivity contribution in [1.29, 1.82) is 0 Å². The molecule has 2 aliphatic heterocycles. The maximum absolute atomic E-state index is 12.1. The maximum atomic E-state index is 12.1. The van der Waals surface area contributed by atoms with Crippen molar-refractivity contribution in [2.24, 2.45) is 5.92 Å². The van der Waals surface area contributed by atoms with Crippen LogP contribution in [-0.4, -0.2) is 43.5 Å². The molecule has 1 atom stereocenters. The Labute approximate surface area is 123 Å². The molecule has 21 heavy (non-hydrogen) atoms. The van der Waals surface area contributed by atoms with Gasteiger partial charge in [0.05, 0.1) is 5.92 Å². The van der Waals surface area contributed by atoms with E-state index < -0.39 is 0 Å². The molecule has 6 nitrogen and oxygen atoms in total. The van der Waals surface area contributed by atoms with Crippen LogP contribution in [0.4, 0.5) is 0 Å². The fraction of sp³-hybridized carbons (Fsp3) is 0.467. The Bertz CT molecular complexity index is 573. The lowest BCUT2D eigenvalue weighted by atomic mass is 10.1. The van der Waals surface area contributed by atoms with Crippen LogP contribution in [0.1, 0.15) is 12.0 Å². The van der Waals surface area contributed by atoms with Crippen molar-refractivity contribution in [2.45, 2.75) is 13.0 Å². The zero-order chi connectivity index (χ0) is 14.8. The molecule has 1 aromatic rings. The minimum Gasteiger partial charge on any atom is -0.486 e. The van der Waals surface area contributed by atoms with Gasteiger partial charge in [-0.25, -0.2) is 0 Å². The van der Waals surface area contributed by atoms with Crippen LogP contribution >= 0.6 is 0 Å². The molecule has 112 valence electrons. The van der Waals surface area contributed by atoms with Crippen LogP contribution in [-0.2, 0) is 16.1 Å². The second-order valence-corrected chi connectivity index (χ2v) is 5.37. The molecule has 2 amide bonds. The smallest absolute Gasteiger partial charge is 0.225 e. The molecule has 1 aromatic carbocycles. The highest BCUT2D eigenvalue weighted by atomic mass is 16.6. The van der Waals surface area contributed by atoms with Crippen LogP contribution in [0.2, 0.25) is 0 Å². The Kier molecular flexibility index (Phi) is 3.68. The monoisotopic (exact) mass is 290 g/mol. The van der Waals surface area contributed by atoms with Crippen LogP contribution in [0.15, 0.2) is 18.2 Å². The average Bonchev–Trinajstić information content (AvgIpc) is 2.84. The van der Waals surface area contributed by atoms with Crippen LogP contribution in [0.3, 0.4) is 0 Å². The highest BCUT2D eigenvalue weighted by molar-refractivity contribution is 5.89. The van der Waals surface area contributed by atoms with Crippen LogP contribution in [0.5, 0.6) is 11.5 Å². The Hall–Kier alpha value is -2.24. The van der Waals surface area contributed by atoms with Crippen molar-refractivity contribution < 1.29 is 19.1 Å². The molecule has 0 spiro atoms. The van der Waals surface area contributed by atoms with Gasteiger partial charge in [-0.05, 0) is 17.7 Å². The van der Waals surface area contributed by atoms with E-state index in [1.54, 1.807) is 11.9 Å². The summed E-state index contributed by atoms with van der Waals surface area (Å²) in [6.07, 6.45) is 0.295. The van der Waals surface area contributed by atoms with E-state index >= 15 is 0 Å². The van der Waals surface area contributed by atoms with Crippen LogP contribution in [0, 0.1) is 5.92 Å². The van der Waals surface area contributed by atoms with Crippen molar-refractivity contribution in [2.75, 3.05) is 26.8 Å². The summed E-state index contributed by atoms with van der Waals surface area (Å²) in [5, 5.41) is 2.87. The van der Waals surface area contributed by atoms with Crippen molar-refractivity contribution in [3.63, 3.8) is 0 Å². The Morgan fingerprint density at radius 2 is 2.10 bits per heavy atom. The number of carbonyl (C=O) groups is 2. The van der Waals surface area contributed by atoms with Crippen LogP contribution < -0.4 is 14.8 Å². The summed E-state index contributed by atoms with van der Waals surface area (Å²) < 4.78 is 11.0. The molecule has 0 saturated carbocycles. The first kappa shape index (κ1) is 13.7. The summed E-state index contributed by atoms with van der Waals surface area (Å²) in [6.45, 7) is 2.02. The topological polar surface area (TPSA) is 67.9 Å². The third kappa shape index (κ3) is 2.94. The summed E-state index contributed by atoms with van der Waals surface area (Å²) in [6, 6.07) is 5.63. The number of carbonyl (C=O) groups excluding carboxylic acids is 2. The standard InChI is InChI=1S/C15H18N2O4/c1-17-9-11(7-14(17)18)15(19)16-8-10-2-3-12-13(6-10)21-5-4-20-12/h2-3,6,11H,4-5,7-9H2,1H3,(H,16,19)/t11-/m1/s1. The molecular weight excluding hydrogens is 272 g/mol. The van der Waals surface area contributed by atoms with Gasteiger partial charge in [-0.1, -0.05) is 6.07 Å². The first-order chi connectivity index (χ1) is 10.1. The highest BCUT2D eigenvalue weighted by Gasteiger charge is 2.31. The zero-order valence-electron chi connectivity index (χ0n) is 11.9. The van der Waals surface area contributed by atoms with Crippen LogP contribution in [0.25, 0.3) is 0 Å². The summed E-state index contributed by atoms with van der Waals surface area (Å²) in [7, 11) is 1.72. The predicted octanol–water partition coefficient (Wildman–Crippen LogP) is 0.552. The number of nitrogens with one attached hydrogen (secondary N) is 1. The molecule has 1 fully saturated rings. The first-order valence-corrected chi connectivity index (χ1v) is 7.03. The summed E-state index contributed by atoms with van der Waals surface area (Å²) in [4.78, 5) is 25.1. The second kappa shape index (κ2) is 5.63. The van der Waals surface area contributed by atoms with Crippen molar-refractivity contribution >= 4 is 11.8 Å². The Morgan fingerprint density at radius 3 is 2.81 bits per heavy atom. The number of fused-ring (bicyclic) bond motifs is 1. The molecule has 2 heterocycles. The quantitative estimate of drug-likeness (QED) is 0.883. The molecular formula is C15H18N2O4. The van der Waals surface area contributed by atoms with Gasteiger partial charge in [-0.2, -0.15) is 0 Å². The number of ether oxygens (including phenoxy) is 2. The molecule has 2 aliphatic rings. The van der Waals surface area contributed by atoms with E-state index in [2.05, 4.69) is 5.32 Å². The lowest BCUT2D eigenvalue weighted by molar-refractivity contribution is -0.128. The van der Waals surface area contributed by atoms with E-state index in [0.717, 1.165) is 11.3 Å². The largest absolute Gasteiger partial charge is 0.486 e. The number of nitrogens with zero attached hydrogens (tertiary/aromatic N) is 1. The highest BCUT2D eigenvalue weighted by Crippen LogP contribution is 2.30. The van der Waals surface area contributed by atoms with Gasteiger partial charge in [0.2, 0.25) is 11.8 Å². The van der Waals surface area contributed by atoms with E-state index in [0.29, 0.717) is 38.5 Å². The number of likely N-dealkylation sites (tertiary alicyclic amines) is 1. The lowest BCUT2D eigenvalue weighted by Gasteiger charge is -2.19. The second-order valence-electron chi connectivity index (χ2n) is 5.37. The van der Waals surface area contributed by atoms with Crippen molar-refractivity contribution in [3.8, 4) is 11.5 Å². The van der Waals surface area contributed by atoms with Gasteiger partial charge < -0.3 is 19.7 Å². The summed E-state index contributed by atoms with van der Waals surface area (Å²) in [5.74, 6) is 1.14. The van der Waals surface area contributed by atoms with Gasteiger partial charge in [-0.3, -0.25) is 9.59 Å².